The Balaban J connectivity index is 2.80. The van der Waals surface area contributed by atoms with Crippen LogP contribution in [-0.4, -0.2) is 17.6 Å². The van der Waals surface area contributed by atoms with Gasteiger partial charge in [0.2, 0.25) is 0 Å². The molecule has 0 bridgehead atoms. The van der Waals surface area contributed by atoms with Gasteiger partial charge in [0.1, 0.15) is 18.8 Å². The first-order chi connectivity index (χ1) is 6.38. The quantitative estimate of drug-likeness (QED) is 0.717. The molecule has 0 fully saturated rings. The third kappa shape index (κ3) is 3.64. The summed E-state index contributed by atoms with van der Waals surface area (Å²) in [7, 11) is 4.40. The summed E-state index contributed by atoms with van der Waals surface area (Å²) in [6, 6.07) is 7.09. The third-order valence-corrected chi connectivity index (χ3v) is 2.95. The lowest BCUT2D eigenvalue weighted by Crippen LogP contribution is -2.37. The molecular weight excluding hydrogens is 193 g/mol. The van der Waals surface area contributed by atoms with E-state index in [2.05, 4.69) is 4.72 Å². The van der Waals surface area contributed by atoms with Crippen LogP contribution in [0.3, 0.4) is 0 Å². The van der Waals surface area contributed by atoms with Crippen molar-refractivity contribution in [3.63, 3.8) is 0 Å². The van der Waals surface area contributed by atoms with Gasteiger partial charge in [-0.15, -0.1) is 0 Å². The molecule has 2 radical (unpaired) electrons. The highest BCUT2D eigenvalue weighted by molar-refractivity contribution is 7.83. The maximum atomic E-state index is 11.8. The highest BCUT2D eigenvalue weighted by Gasteiger charge is 2.14. The van der Waals surface area contributed by atoms with E-state index in [1.807, 2.05) is 20.8 Å². The van der Waals surface area contributed by atoms with Crippen molar-refractivity contribution in [2.45, 2.75) is 31.2 Å². The summed E-state index contributed by atoms with van der Waals surface area (Å²) in [4.78, 5) is 0.708. The summed E-state index contributed by atoms with van der Waals surface area (Å²) in [5.74, 6) is 0. The van der Waals surface area contributed by atoms with Crippen LogP contribution in [0.15, 0.2) is 29.2 Å². The van der Waals surface area contributed by atoms with Crippen molar-refractivity contribution in [1.29, 1.82) is 0 Å². The van der Waals surface area contributed by atoms with Gasteiger partial charge in [0.25, 0.3) is 0 Å². The molecule has 4 heteroatoms. The predicted octanol–water partition coefficient (Wildman–Crippen LogP) is 0.891. The van der Waals surface area contributed by atoms with Gasteiger partial charge >= 0.3 is 0 Å². The first-order valence-corrected chi connectivity index (χ1v) is 5.58. The zero-order valence-corrected chi connectivity index (χ0v) is 9.52. The van der Waals surface area contributed by atoms with Crippen molar-refractivity contribution in [2.75, 3.05) is 0 Å². The second kappa shape index (κ2) is 4.28. The Kier molecular flexibility index (Phi) is 3.51. The monoisotopic (exact) mass is 207 g/mol. The molecule has 14 heavy (non-hydrogen) atoms. The molecule has 1 aromatic rings. The Morgan fingerprint density at radius 2 is 2.00 bits per heavy atom. The smallest absolute Gasteiger partial charge is 0.125 e. The molecular formula is C10H14BNOS. The molecule has 0 saturated heterocycles. The van der Waals surface area contributed by atoms with Crippen molar-refractivity contribution in [1.82, 2.24) is 4.72 Å². The first kappa shape index (κ1) is 11.5. The zero-order chi connectivity index (χ0) is 10.8. The van der Waals surface area contributed by atoms with Gasteiger partial charge in [-0.2, -0.15) is 0 Å². The zero-order valence-electron chi connectivity index (χ0n) is 8.70. The van der Waals surface area contributed by atoms with Crippen LogP contribution in [0.2, 0.25) is 0 Å². The molecule has 0 aliphatic heterocycles. The van der Waals surface area contributed by atoms with Gasteiger partial charge in [-0.1, -0.05) is 23.7 Å². The molecule has 0 saturated carbocycles. The Morgan fingerprint density at radius 3 is 2.50 bits per heavy atom. The molecule has 2 nitrogen and oxygen atoms in total. The van der Waals surface area contributed by atoms with Crippen LogP contribution >= 0.6 is 0 Å². The highest BCUT2D eigenvalue weighted by atomic mass is 32.2. The highest BCUT2D eigenvalue weighted by Crippen LogP contribution is 2.07. The standard InChI is InChI=1S/C10H14BNOS/c1-10(2,3)12-14(13)9-6-4-5-8(11)7-9/h4-7,12H,1-3H3. The molecule has 1 N–H and O–H groups in total. The van der Waals surface area contributed by atoms with E-state index < -0.39 is 11.0 Å². The van der Waals surface area contributed by atoms with Crippen LogP contribution in [0, 0.1) is 0 Å². The Morgan fingerprint density at radius 1 is 1.36 bits per heavy atom. The van der Waals surface area contributed by atoms with Crippen LogP contribution < -0.4 is 10.2 Å². The number of hydrogen-bond donors (Lipinski definition) is 1. The van der Waals surface area contributed by atoms with E-state index in [9.17, 15) is 4.21 Å². The van der Waals surface area contributed by atoms with Gasteiger partial charge in [-0.3, -0.25) is 0 Å². The minimum Gasteiger partial charge on any atom is -0.237 e. The minimum atomic E-state index is -1.19. The average Bonchev–Trinajstić information content (AvgIpc) is 2.01. The minimum absolute atomic E-state index is 0.171. The van der Waals surface area contributed by atoms with E-state index in [0.29, 0.717) is 10.4 Å². The van der Waals surface area contributed by atoms with Crippen molar-refractivity contribution in [3.8, 4) is 0 Å². The lowest BCUT2D eigenvalue weighted by Gasteiger charge is -2.19. The molecule has 0 aromatic heterocycles. The summed E-state index contributed by atoms with van der Waals surface area (Å²) in [6.45, 7) is 5.91. The van der Waals surface area contributed by atoms with Gasteiger partial charge in [0, 0.05) is 5.54 Å². The molecule has 0 amide bonds. The van der Waals surface area contributed by atoms with Crippen molar-refractivity contribution < 1.29 is 4.21 Å². The summed E-state index contributed by atoms with van der Waals surface area (Å²) in [5, 5.41) is 0. The van der Waals surface area contributed by atoms with E-state index in [1.54, 1.807) is 24.3 Å². The average molecular weight is 207 g/mol. The van der Waals surface area contributed by atoms with Crippen molar-refractivity contribution in [3.05, 3.63) is 24.3 Å². The summed E-state index contributed by atoms with van der Waals surface area (Å²) in [6.07, 6.45) is 0. The largest absolute Gasteiger partial charge is 0.237 e. The molecule has 1 atom stereocenters. The second-order valence-electron chi connectivity index (χ2n) is 4.19. The van der Waals surface area contributed by atoms with E-state index in [4.69, 9.17) is 7.85 Å². The molecule has 1 unspecified atom stereocenters. The Bertz CT molecular complexity index is 346. The maximum Gasteiger partial charge on any atom is 0.125 e. The third-order valence-electron chi connectivity index (χ3n) is 1.47. The normalized spacial score (nSPS) is 13.9. The topological polar surface area (TPSA) is 29.1 Å². The molecule has 0 aliphatic rings. The number of benzene rings is 1. The fraction of sp³-hybridized carbons (Fsp3) is 0.400. The molecule has 0 heterocycles. The summed E-state index contributed by atoms with van der Waals surface area (Å²) < 4.78 is 14.7. The summed E-state index contributed by atoms with van der Waals surface area (Å²) in [5.41, 5.74) is 0.460. The molecule has 74 valence electrons. The van der Waals surface area contributed by atoms with Gasteiger partial charge in [0.15, 0.2) is 0 Å². The molecule has 1 aromatic carbocycles. The number of nitrogens with one attached hydrogen (secondary N) is 1. The number of hydrogen-bond acceptors (Lipinski definition) is 1. The van der Waals surface area contributed by atoms with Crippen LogP contribution in [0.5, 0.6) is 0 Å². The Hall–Kier alpha value is -0.605. The van der Waals surface area contributed by atoms with Crippen LogP contribution in [0.25, 0.3) is 0 Å². The van der Waals surface area contributed by atoms with E-state index in [0.717, 1.165) is 0 Å². The molecule has 0 aliphatic carbocycles. The van der Waals surface area contributed by atoms with Crippen molar-refractivity contribution >= 4 is 24.3 Å². The van der Waals surface area contributed by atoms with E-state index in [-0.39, 0.29) is 5.54 Å². The van der Waals surface area contributed by atoms with Gasteiger partial charge in [-0.25, -0.2) is 8.93 Å². The van der Waals surface area contributed by atoms with E-state index in [1.165, 1.54) is 0 Å². The first-order valence-electron chi connectivity index (χ1n) is 4.43. The molecule has 0 spiro atoms. The SMILES string of the molecule is [B]c1cccc(S(=O)NC(C)(C)C)c1. The second-order valence-corrected chi connectivity index (χ2v) is 5.41. The fourth-order valence-electron chi connectivity index (χ4n) is 0.967. The summed E-state index contributed by atoms with van der Waals surface area (Å²) >= 11 is 0. The van der Waals surface area contributed by atoms with Gasteiger partial charge in [0.05, 0.1) is 4.90 Å². The maximum absolute atomic E-state index is 11.8. The van der Waals surface area contributed by atoms with Gasteiger partial charge in [-0.05, 0) is 26.8 Å². The number of rotatable bonds is 2. The fourth-order valence-corrected chi connectivity index (χ4v) is 2.09. The van der Waals surface area contributed by atoms with Crippen LogP contribution in [-0.2, 0) is 11.0 Å². The molecule has 1 rings (SSSR count). The van der Waals surface area contributed by atoms with Crippen LogP contribution in [0.1, 0.15) is 20.8 Å². The van der Waals surface area contributed by atoms with Crippen molar-refractivity contribution in [2.24, 2.45) is 0 Å². The van der Waals surface area contributed by atoms with Crippen LogP contribution in [0.4, 0.5) is 0 Å². The van der Waals surface area contributed by atoms with E-state index >= 15 is 0 Å². The lowest BCUT2D eigenvalue weighted by atomic mass is 9.97. The predicted molar refractivity (Wildman–Crippen MR) is 61.1 cm³/mol. The Labute approximate surface area is 89.1 Å². The van der Waals surface area contributed by atoms with Gasteiger partial charge < -0.3 is 0 Å². The lowest BCUT2D eigenvalue weighted by molar-refractivity contribution is 0.519.